The predicted octanol–water partition coefficient (Wildman–Crippen LogP) is 5.45. The molecule has 1 saturated heterocycles. The number of aryl methyl sites for hydroxylation is 1. The lowest BCUT2D eigenvalue weighted by atomic mass is 9.72. The number of carbonyl (C=O) groups is 2. The lowest BCUT2D eigenvalue weighted by Gasteiger charge is -2.43. The van der Waals surface area contributed by atoms with Crippen molar-refractivity contribution in [2.24, 2.45) is 5.92 Å². The van der Waals surface area contributed by atoms with Crippen LogP contribution in [-0.2, 0) is 12.1 Å². The summed E-state index contributed by atoms with van der Waals surface area (Å²) in [6, 6.07) is 16.5. The summed E-state index contributed by atoms with van der Waals surface area (Å²) in [7, 11) is 1.76. The van der Waals surface area contributed by atoms with Crippen LogP contribution in [0, 0.1) is 24.5 Å². The number of halogens is 2. The number of rotatable bonds is 10. The molecule has 1 fully saturated rings. The minimum Gasteiger partial charge on any atom is -0.465 e. The number of nitrogens with zero attached hydrogens (tertiary/aromatic N) is 1. The molecule has 4 rings (SSSR count). The van der Waals surface area contributed by atoms with E-state index in [1.165, 1.54) is 18.2 Å². The largest absolute Gasteiger partial charge is 0.465 e. The van der Waals surface area contributed by atoms with Crippen LogP contribution in [0.25, 0.3) is 11.1 Å². The Hall–Kier alpha value is -3.82. The molecule has 0 aliphatic carbocycles. The fourth-order valence-electron chi connectivity index (χ4n) is 5.86. The maximum absolute atomic E-state index is 15.5. The Bertz CT molecular complexity index is 1400. The molecule has 2 unspecified atom stereocenters. The molecule has 4 N–H and O–H groups in total. The van der Waals surface area contributed by atoms with E-state index in [9.17, 15) is 19.1 Å². The van der Waals surface area contributed by atoms with Gasteiger partial charge in [0.1, 0.15) is 11.6 Å². The summed E-state index contributed by atoms with van der Waals surface area (Å²) in [5, 5.41) is 26.8. The Morgan fingerprint density at radius 2 is 1.85 bits per heavy atom. The highest BCUT2D eigenvalue weighted by molar-refractivity contribution is 5.94. The van der Waals surface area contributed by atoms with E-state index in [-0.39, 0.29) is 30.6 Å². The monoisotopic (exact) mass is 565 g/mol. The highest BCUT2D eigenvalue weighted by Crippen LogP contribution is 2.44. The fourth-order valence-corrected chi connectivity index (χ4v) is 5.86. The zero-order valence-electron chi connectivity index (χ0n) is 23.4. The molecule has 41 heavy (non-hydrogen) atoms. The second-order valence-electron chi connectivity index (χ2n) is 10.7. The number of likely N-dealkylation sites (tertiary alicyclic amines) is 1. The third kappa shape index (κ3) is 6.92. The van der Waals surface area contributed by atoms with Crippen molar-refractivity contribution in [2.45, 2.75) is 44.8 Å². The molecule has 218 valence electrons. The number of amides is 2. The van der Waals surface area contributed by atoms with Crippen LogP contribution in [0.1, 0.15) is 52.7 Å². The molecule has 7 nitrogen and oxygen atoms in total. The molecule has 0 radical (unpaired) electrons. The van der Waals surface area contributed by atoms with Gasteiger partial charge in [-0.05, 0) is 74.5 Å². The van der Waals surface area contributed by atoms with Crippen LogP contribution in [0.3, 0.4) is 0 Å². The predicted molar refractivity (Wildman–Crippen MR) is 154 cm³/mol. The molecule has 1 aliphatic rings. The molecule has 0 aromatic heterocycles. The maximum Gasteiger partial charge on any atom is 0.404 e. The van der Waals surface area contributed by atoms with Gasteiger partial charge >= 0.3 is 6.09 Å². The van der Waals surface area contributed by atoms with Crippen LogP contribution >= 0.6 is 0 Å². The van der Waals surface area contributed by atoms with E-state index in [1.54, 1.807) is 36.2 Å². The Balaban J connectivity index is 1.70. The first-order chi connectivity index (χ1) is 19.6. The lowest BCUT2D eigenvalue weighted by molar-refractivity contribution is -0.0565. The quantitative estimate of drug-likeness (QED) is 0.245. The normalized spacial score (nSPS) is 16.7. The summed E-state index contributed by atoms with van der Waals surface area (Å²) >= 11 is 0. The first-order valence-electron chi connectivity index (χ1n) is 13.9. The third-order valence-corrected chi connectivity index (χ3v) is 7.83. The maximum atomic E-state index is 15.5. The van der Waals surface area contributed by atoms with Crippen molar-refractivity contribution in [1.29, 1.82) is 0 Å². The van der Waals surface area contributed by atoms with Gasteiger partial charge in [0.15, 0.2) is 0 Å². The molecular formula is C32H37F2N3O4. The SMILES string of the molecule is CNCc1ccc(C(=O)N2CCCC(C(O)(CCCNC(=O)O)c3cccc(F)c3-c3cccc(C)c3)C2)c(F)c1. The van der Waals surface area contributed by atoms with Crippen molar-refractivity contribution in [3.05, 3.63) is 94.6 Å². The molecule has 2 amide bonds. The van der Waals surface area contributed by atoms with E-state index in [1.807, 2.05) is 25.1 Å². The van der Waals surface area contributed by atoms with Gasteiger partial charge in [0.25, 0.3) is 5.91 Å². The van der Waals surface area contributed by atoms with Crippen molar-refractivity contribution >= 4 is 12.0 Å². The van der Waals surface area contributed by atoms with Crippen LogP contribution in [0.4, 0.5) is 13.6 Å². The zero-order valence-corrected chi connectivity index (χ0v) is 23.4. The molecule has 9 heteroatoms. The highest BCUT2D eigenvalue weighted by atomic mass is 19.1. The highest BCUT2D eigenvalue weighted by Gasteiger charge is 2.43. The molecule has 3 aromatic carbocycles. The molecule has 0 saturated carbocycles. The van der Waals surface area contributed by atoms with Gasteiger partial charge in [0.2, 0.25) is 0 Å². The second kappa shape index (κ2) is 13.2. The van der Waals surface area contributed by atoms with Gasteiger partial charge in [-0.3, -0.25) is 4.79 Å². The van der Waals surface area contributed by atoms with Gasteiger partial charge in [-0.15, -0.1) is 0 Å². The van der Waals surface area contributed by atoms with Crippen molar-refractivity contribution < 1.29 is 28.6 Å². The molecule has 1 heterocycles. The number of benzene rings is 3. The first kappa shape index (κ1) is 30.1. The van der Waals surface area contributed by atoms with Gasteiger partial charge < -0.3 is 25.7 Å². The second-order valence-corrected chi connectivity index (χ2v) is 10.7. The first-order valence-corrected chi connectivity index (χ1v) is 13.9. The van der Waals surface area contributed by atoms with E-state index >= 15 is 4.39 Å². The van der Waals surface area contributed by atoms with E-state index in [2.05, 4.69) is 10.6 Å². The summed E-state index contributed by atoms with van der Waals surface area (Å²) in [6.07, 6.45) is 0.381. The Morgan fingerprint density at radius 3 is 2.56 bits per heavy atom. The van der Waals surface area contributed by atoms with Crippen molar-refractivity contribution in [3.8, 4) is 11.1 Å². The molecule has 3 aromatic rings. The van der Waals surface area contributed by atoms with E-state index in [0.29, 0.717) is 43.5 Å². The number of nitrogens with one attached hydrogen (secondary N) is 2. The number of carboxylic acid groups (broad SMARTS) is 1. The molecule has 0 spiro atoms. The lowest BCUT2D eigenvalue weighted by Crippen LogP contribution is -2.48. The van der Waals surface area contributed by atoms with Crippen molar-refractivity contribution in [1.82, 2.24) is 15.5 Å². The Morgan fingerprint density at radius 1 is 1.07 bits per heavy atom. The standard InChI is InChI=1S/C32H37F2N3O4/c1-21-7-3-8-23(17-21)29-26(10-4-11-27(29)33)32(41,14-6-15-36-31(39)40)24-9-5-16-37(20-24)30(38)25-13-12-22(19-35-2)18-28(25)34/h3-4,7-8,10-13,17-18,24,35-36,41H,5-6,9,14-16,19-20H2,1-2H3,(H,39,40). The van der Waals surface area contributed by atoms with Crippen molar-refractivity contribution in [3.63, 3.8) is 0 Å². The van der Waals surface area contributed by atoms with Gasteiger partial charge in [0, 0.05) is 37.7 Å². The van der Waals surface area contributed by atoms with Gasteiger partial charge in [-0.2, -0.15) is 0 Å². The average molecular weight is 566 g/mol. The molecular weight excluding hydrogens is 528 g/mol. The average Bonchev–Trinajstić information content (AvgIpc) is 2.95. The number of aliphatic hydroxyl groups is 1. The minimum atomic E-state index is -1.59. The van der Waals surface area contributed by atoms with Crippen LogP contribution in [0.5, 0.6) is 0 Å². The zero-order chi connectivity index (χ0) is 29.6. The number of carbonyl (C=O) groups excluding carboxylic acids is 1. The van der Waals surface area contributed by atoms with Gasteiger partial charge in [-0.25, -0.2) is 13.6 Å². The van der Waals surface area contributed by atoms with Crippen molar-refractivity contribution in [2.75, 3.05) is 26.7 Å². The van der Waals surface area contributed by atoms with Crippen LogP contribution < -0.4 is 10.6 Å². The topological polar surface area (TPSA) is 102 Å². The summed E-state index contributed by atoms with van der Waals surface area (Å²) < 4.78 is 30.4. The summed E-state index contributed by atoms with van der Waals surface area (Å²) in [5.74, 6) is -2.05. The van der Waals surface area contributed by atoms with E-state index in [4.69, 9.17) is 5.11 Å². The van der Waals surface area contributed by atoms with Crippen LogP contribution in [-0.4, -0.2) is 53.8 Å². The molecule has 0 bridgehead atoms. The van der Waals surface area contributed by atoms with Crippen LogP contribution in [0.15, 0.2) is 60.7 Å². The number of hydrogen-bond acceptors (Lipinski definition) is 4. The fraction of sp³-hybridized carbons (Fsp3) is 0.375. The van der Waals surface area contributed by atoms with Gasteiger partial charge in [-0.1, -0.05) is 48.0 Å². The smallest absolute Gasteiger partial charge is 0.404 e. The molecule has 1 aliphatic heterocycles. The van der Waals surface area contributed by atoms with Gasteiger partial charge in [0.05, 0.1) is 11.2 Å². The summed E-state index contributed by atoms with van der Waals surface area (Å²) in [6.45, 7) is 3.02. The summed E-state index contributed by atoms with van der Waals surface area (Å²) in [4.78, 5) is 26.1. The summed E-state index contributed by atoms with van der Waals surface area (Å²) in [5.41, 5.74) is 1.31. The van der Waals surface area contributed by atoms with E-state index in [0.717, 1.165) is 11.1 Å². The van der Waals surface area contributed by atoms with Crippen LogP contribution in [0.2, 0.25) is 0 Å². The Kier molecular flexibility index (Phi) is 9.73. The molecule has 2 atom stereocenters. The van der Waals surface area contributed by atoms with E-state index < -0.39 is 35.2 Å². The third-order valence-electron chi connectivity index (χ3n) is 7.83. The number of piperidine rings is 1. The minimum absolute atomic E-state index is 0.0362. The number of hydrogen-bond donors (Lipinski definition) is 4. The Labute approximate surface area is 239 Å².